The van der Waals surface area contributed by atoms with Gasteiger partial charge in [0.2, 0.25) is 0 Å². The van der Waals surface area contributed by atoms with Gasteiger partial charge in [0.15, 0.2) is 0 Å². The normalized spacial score (nSPS) is 9.26. The Morgan fingerprint density at radius 1 is 0.698 bits per heavy atom. The standard InChI is InChI=1S/C25H22N2O3.3C2H4O2.Mn/c1-15-4-8-20(25(29)16(15)2)17-5-9-22(26-13-17)23-10-6-18(14-27-23)21-12-19(30-3)7-11-24(21)28;3*1-2(3)4;/h4-14,28-29H,1-3H3;3*1H3,(H,3,4);/q;;;;+3/p-3. The van der Waals surface area contributed by atoms with E-state index in [2.05, 4.69) is 9.97 Å². The number of methoxy groups -OCH3 is 1. The number of aromatic nitrogens is 2. The van der Waals surface area contributed by atoms with Crippen LogP contribution >= 0.6 is 0 Å². The van der Waals surface area contributed by atoms with Crippen LogP contribution in [0.1, 0.15) is 31.9 Å². The molecule has 2 aromatic carbocycles. The van der Waals surface area contributed by atoms with Gasteiger partial charge in [-0.15, -0.1) is 0 Å². The fourth-order valence-corrected chi connectivity index (χ4v) is 3.32. The number of aryl methyl sites for hydroxylation is 1. The number of carbonyl (C=O) groups is 3. The summed E-state index contributed by atoms with van der Waals surface area (Å²) in [4.78, 5) is 35.7. The summed E-state index contributed by atoms with van der Waals surface area (Å²) >= 11 is 0. The summed E-state index contributed by atoms with van der Waals surface area (Å²) in [5.74, 6) is -2.13. The molecule has 0 aliphatic heterocycles. The summed E-state index contributed by atoms with van der Waals surface area (Å²) in [7, 11) is 1.59. The number of aromatic hydroxyl groups is 2. The molecular weight excluding hydrogens is 599 g/mol. The second kappa shape index (κ2) is 18.5. The van der Waals surface area contributed by atoms with E-state index in [4.69, 9.17) is 34.4 Å². The van der Waals surface area contributed by atoms with Gasteiger partial charge in [-0.1, -0.05) is 24.3 Å². The quantitative estimate of drug-likeness (QED) is 0.312. The van der Waals surface area contributed by atoms with Gasteiger partial charge in [-0.3, -0.25) is 9.97 Å². The number of hydrogen-bond donors (Lipinski definition) is 2. The number of hydrogen-bond acceptors (Lipinski definition) is 11. The Morgan fingerprint density at radius 2 is 1.14 bits per heavy atom. The number of phenolic OH excluding ortho intramolecular Hbond substituents is 2. The van der Waals surface area contributed by atoms with Crippen molar-refractivity contribution in [1.82, 2.24) is 9.97 Å². The average Bonchev–Trinajstić information content (AvgIpc) is 2.92. The number of benzene rings is 2. The number of rotatable bonds is 4. The van der Waals surface area contributed by atoms with Gasteiger partial charge < -0.3 is 44.7 Å². The van der Waals surface area contributed by atoms with Gasteiger partial charge in [-0.05, 0) is 76.1 Å². The topological polar surface area (TPSA) is 196 Å². The maximum absolute atomic E-state index is 10.4. The molecule has 0 radical (unpaired) electrons. The van der Waals surface area contributed by atoms with Crippen LogP contribution < -0.4 is 20.1 Å². The molecule has 0 amide bonds. The van der Waals surface area contributed by atoms with E-state index < -0.39 is 17.9 Å². The van der Waals surface area contributed by atoms with Crippen LogP contribution in [0.5, 0.6) is 17.2 Å². The molecule has 43 heavy (non-hydrogen) atoms. The van der Waals surface area contributed by atoms with Crippen LogP contribution in [-0.4, -0.2) is 45.2 Å². The van der Waals surface area contributed by atoms with Gasteiger partial charge in [0, 0.05) is 52.6 Å². The molecule has 2 aromatic heterocycles. The van der Waals surface area contributed by atoms with Crippen molar-refractivity contribution in [1.29, 1.82) is 0 Å². The molecule has 0 aliphatic carbocycles. The minimum Gasteiger partial charge on any atom is -0.550 e. The largest absolute Gasteiger partial charge is 3.00 e. The number of carboxylic acids is 3. The Hall–Kier alpha value is -4.93. The van der Waals surface area contributed by atoms with Gasteiger partial charge >= 0.3 is 17.1 Å². The van der Waals surface area contributed by atoms with Gasteiger partial charge in [0.1, 0.15) is 17.2 Å². The molecule has 4 aromatic rings. The van der Waals surface area contributed by atoms with Crippen LogP contribution in [0.4, 0.5) is 0 Å². The number of ether oxygens (including phenoxy) is 1. The molecule has 0 spiro atoms. The SMILES string of the molecule is CC(=O)[O-].CC(=O)[O-].CC(=O)[O-].COc1ccc(O)c(-c2ccc(-c3ccc(-c4ccc(C)c(C)c4O)cn3)nc2)c1.[Mn+3]. The van der Waals surface area contributed by atoms with Gasteiger partial charge in [-0.25, -0.2) is 0 Å². The third-order valence-corrected chi connectivity index (χ3v) is 5.32. The molecule has 0 aliphatic rings. The zero-order valence-corrected chi connectivity index (χ0v) is 25.6. The molecule has 11 nitrogen and oxygen atoms in total. The molecule has 226 valence electrons. The fraction of sp³-hybridized carbons (Fsp3) is 0.194. The Balaban J connectivity index is 0.00000116. The molecule has 0 fully saturated rings. The molecule has 0 atom stereocenters. The summed E-state index contributed by atoms with van der Waals surface area (Å²) in [6.45, 7) is 6.79. The smallest absolute Gasteiger partial charge is 0.550 e. The monoisotopic (exact) mass is 630 g/mol. The fourth-order valence-electron chi connectivity index (χ4n) is 3.32. The Morgan fingerprint density at radius 3 is 1.53 bits per heavy atom. The van der Waals surface area contributed by atoms with E-state index in [0.29, 0.717) is 11.3 Å². The first kappa shape index (κ1) is 38.1. The molecule has 12 heteroatoms. The summed E-state index contributed by atoms with van der Waals surface area (Å²) in [6, 6.07) is 16.5. The van der Waals surface area contributed by atoms with Crippen molar-refractivity contribution in [2.75, 3.05) is 7.11 Å². The molecule has 2 heterocycles. The molecule has 4 rings (SSSR count). The second-order valence-corrected chi connectivity index (χ2v) is 8.63. The van der Waals surface area contributed by atoms with Crippen LogP contribution in [0.3, 0.4) is 0 Å². The van der Waals surface area contributed by atoms with Crippen molar-refractivity contribution >= 4 is 17.9 Å². The predicted octanol–water partition coefficient (Wildman–Crippen LogP) is 1.78. The molecule has 0 saturated carbocycles. The minimum atomic E-state index is -1.08. The number of phenols is 2. The summed E-state index contributed by atoms with van der Waals surface area (Å²) in [5, 5.41) is 47.3. The van der Waals surface area contributed by atoms with E-state index in [1.54, 1.807) is 37.7 Å². The number of carboxylic acid groups (broad SMARTS) is 3. The zero-order chi connectivity index (χ0) is 32.0. The Bertz CT molecular complexity index is 1470. The zero-order valence-electron chi connectivity index (χ0n) is 24.4. The molecular formula is C31H31MnN2O9. The van der Waals surface area contributed by atoms with Crippen LogP contribution in [-0.2, 0) is 31.5 Å². The van der Waals surface area contributed by atoms with Crippen molar-refractivity contribution in [3.63, 3.8) is 0 Å². The molecule has 0 unspecified atom stereocenters. The third-order valence-electron chi connectivity index (χ3n) is 5.32. The number of pyridine rings is 2. The first-order valence-corrected chi connectivity index (χ1v) is 12.3. The van der Waals surface area contributed by atoms with E-state index in [9.17, 15) is 10.2 Å². The van der Waals surface area contributed by atoms with Crippen molar-refractivity contribution in [2.45, 2.75) is 34.6 Å². The van der Waals surface area contributed by atoms with Crippen molar-refractivity contribution in [3.8, 4) is 50.9 Å². The van der Waals surface area contributed by atoms with Crippen LogP contribution in [0.15, 0.2) is 67.0 Å². The summed E-state index contributed by atoms with van der Waals surface area (Å²) in [6.07, 6.45) is 3.44. The van der Waals surface area contributed by atoms with E-state index in [0.717, 1.165) is 60.0 Å². The Kier molecular flexibility index (Phi) is 16.4. The van der Waals surface area contributed by atoms with Gasteiger partial charge in [0.05, 0.1) is 18.5 Å². The average molecular weight is 631 g/mol. The molecule has 0 bridgehead atoms. The van der Waals surface area contributed by atoms with Gasteiger partial charge in [0.25, 0.3) is 0 Å². The maximum Gasteiger partial charge on any atom is 3.00 e. The third kappa shape index (κ3) is 13.1. The van der Waals surface area contributed by atoms with Crippen LogP contribution in [0.25, 0.3) is 33.6 Å². The summed E-state index contributed by atoms with van der Waals surface area (Å²) in [5.41, 5.74) is 6.40. The first-order valence-electron chi connectivity index (χ1n) is 12.3. The van der Waals surface area contributed by atoms with E-state index in [-0.39, 0.29) is 28.6 Å². The van der Waals surface area contributed by atoms with Crippen molar-refractivity contribution in [2.24, 2.45) is 0 Å². The number of nitrogens with zero attached hydrogens (tertiary/aromatic N) is 2. The van der Waals surface area contributed by atoms with Crippen LogP contribution in [0, 0.1) is 13.8 Å². The van der Waals surface area contributed by atoms with Crippen LogP contribution in [0.2, 0.25) is 0 Å². The summed E-state index contributed by atoms with van der Waals surface area (Å²) < 4.78 is 5.23. The number of aliphatic carboxylic acids is 3. The van der Waals surface area contributed by atoms with Crippen molar-refractivity contribution < 1.29 is 61.7 Å². The van der Waals surface area contributed by atoms with Gasteiger partial charge in [-0.2, -0.15) is 0 Å². The predicted molar refractivity (Wildman–Crippen MR) is 150 cm³/mol. The first-order chi connectivity index (χ1) is 19.7. The molecule has 2 N–H and O–H groups in total. The van der Waals surface area contributed by atoms with E-state index in [1.807, 2.05) is 50.2 Å². The van der Waals surface area contributed by atoms with Crippen molar-refractivity contribution in [3.05, 3.63) is 78.1 Å². The van der Waals surface area contributed by atoms with E-state index in [1.165, 1.54) is 0 Å². The van der Waals surface area contributed by atoms with E-state index >= 15 is 0 Å². The number of carbonyl (C=O) groups excluding carboxylic acids is 3. The minimum absolute atomic E-state index is 0. The maximum atomic E-state index is 10.4. The second-order valence-electron chi connectivity index (χ2n) is 8.63. The Labute approximate surface area is 260 Å². The molecule has 0 saturated heterocycles.